The number of benzene rings is 1. The Labute approximate surface area is 145 Å². The van der Waals surface area contributed by atoms with E-state index in [4.69, 9.17) is 0 Å². The molecule has 0 radical (unpaired) electrons. The third kappa shape index (κ3) is 3.09. The minimum absolute atomic E-state index is 0.195. The molecule has 3 aliphatic rings. The van der Waals surface area contributed by atoms with E-state index in [-0.39, 0.29) is 11.8 Å². The van der Waals surface area contributed by atoms with E-state index in [0.29, 0.717) is 18.0 Å². The van der Waals surface area contributed by atoms with Crippen LogP contribution in [0.4, 0.5) is 0 Å². The lowest BCUT2D eigenvalue weighted by Crippen LogP contribution is -2.63. The van der Waals surface area contributed by atoms with Gasteiger partial charge in [0.15, 0.2) is 0 Å². The maximum atomic E-state index is 12.3. The minimum Gasteiger partial charge on any atom is -0.295 e. The van der Waals surface area contributed by atoms with Crippen LogP contribution in [-0.2, 0) is 4.79 Å². The highest BCUT2D eigenvalue weighted by Gasteiger charge is 2.45. The number of fused-ring (bicyclic) bond motifs is 1. The van der Waals surface area contributed by atoms with Gasteiger partial charge >= 0.3 is 0 Å². The summed E-state index contributed by atoms with van der Waals surface area (Å²) < 4.78 is 0. The van der Waals surface area contributed by atoms with Crippen LogP contribution in [0.2, 0.25) is 0 Å². The normalized spacial score (nSPS) is 32.7. The van der Waals surface area contributed by atoms with Gasteiger partial charge in [0.05, 0.1) is 6.04 Å². The molecule has 24 heavy (non-hydrogen) atoms. The van der Waals surface area contributed by atoms with Gasteiger partial charge in [-0.1, -0.05) is 49.6 Å². The lowest BCUT2D eigenvalue weighted by atomic mass is 9.71. The van der Waals surface area contributed by atoms with Crippen molar-refractivity contribution < 1.29 is 4.79 Å². The molecule has 4 unspecified atom stereocenters. The zero-order chi connectivity index (χ0) is 16.4. The summed E-state index contributed by atoms with van der Waals surface area (Å²) in [5, 5.41) is 0. The number of rotatable bonds is 3. The molecule has 0 spiro atoms. The van der Waals surface area contributed by atoms with Gasteiger partial charge in [-0.3, -0.25) is 15.1 Å². The fraction of sp³-hybridized carbons (Fsp3) is 0.650. The molecule has 1 aromatic rings. The van der Waals surface area contributed by atoms with Gasteiger partial charge in [-0.15, -0.1) is 0 Å². The molecule has 4 nitrogen and oxygen atoms in total. The molecule has 1 amide bonds. The highest BCUT2D eigenvalue weighted by Crippen LogP contribution is 2.41. The summed E-state index contributed by atoms with van der Waals surface area (Å²) in [6.07, 6.45) is 8.60. The number of hydrogen-bond donors (Lipinski definition) is 2. The van der Waals surface area contributed by atoms with Crippen molar-refractivity contribution in [2.45, 2.75) is 57.0 Å². The van der Waals surface area contributed by atoms with Gasteiger partial charge < -0.3 is 0 Å². The lowest BCUT2D eigenvalue weighted by Gasteiger charge is -2.48. The van der Waals surface area contributed by atoms with Crippen molar-refractivity contribution in [2.75, 3.05) is 13.1 Å². The fourth-order valence-corrected chi connectivity index (χ4v) is 5.07. The van der Waals surface area contributed by atoms with Crippen LogP contribution in [-0.4, -0.2) is 29.9 Å². The largest absolute Gasteiger partial charge is 0.295 e. The summed E-state index contributed by atoms with van der Waals surface area (Å²) in [6, 6.07) is 11.6. The molecule has 3 fully saturated rings. The molecule has 1 saturated carbocycles. The maximum absolute atomic E-state index is 12.3. The molecule has 2 saturated heterocycles. The molecular weight excluding hydrogens is 298 g/mol. The highest BCUT2D eigenvalue weighted by atomic mass is 16.2. The van der Waals surface area contributed by atoms with E-state index >= 15 is 0 Å². The highest BCUT2D eigenvalue weighted by molar-refractivity contribution is 5.79. The van der Waals surface area contributed by atoms with E-state index < -0.39 is 0 Å². The molecule has 130 valence electrons. The predicted molar refractivity (Wildman–Crippen MR) is 95.1 cm³/mol. The van der Waals surface area contributed by atoms with E-state index in [0.717, 1.165) is 6.42 Å². The van der Waals surface area contributed by atoms with Crippen LogP contribution >= 0.6 is 0 Å². The number of nitrogens with zero attached hydrogens (tertiary/aromatic N) is 1. The minimum atomic E-state index is 0.195. The first-order valence-corrected chi connectivity index (χ1v) is 9.69. The third-order valence-corrected chi connectivity index (χ3v) is 6.24. The fourth-order valence-electron chi connectivity index (χ4n) is 5.07. The van der Waals surface area contributed by atoms with Crippen molar-refractivity contribution in [3.05, 3.63) is 35.9 Å². The zero-order valence-electron chi connectivity index (χ0n) is 14.4. The topological polar surface area (TPSA) is 44.4 Å². The van der Waals surface area contributed by atoms with E-state index in [1.54, 1.807) is 0 Å². The summed E-state index contributed by atoms with van der Waals surface area (Å²) in [5.41, 5.74) is 7.81. The number of hydrogen-bond acceptors (Lipinski definition) is 3. The molecule has 4 rings (SSSR count). The Morgan fingerprint density at radius 2 is 1.71 bits per heavy atom. The average molecular weight is 327 g/mol. The second-order valence-electron chi connectivity index (χ2n) is 7.67. The Bertz CT molecular complexity index is 555. The molecule has 2 N–H and O–H groups in total. The summed E-state index contributed by atoms with van der Waals surface area (Å²) in [4.78, 5) is 15.0. The van der Waals surface area contributed by atoms with Gasteiger partial charge in [-0.25, -0.2) is 5.43 Å². The van der Waals surface area contributed by atoms with Crippen LogP contribution < -0.4 is 10.9 Å². The Morgan fingerprint density at radius 1 is 0.958 bits per heavy atom. The summed E-state index contributed by atoms with van der Waals surface area (Å²) >= 11 is 0. The number of carbonyl (C=O) groups excluding carboxylic acids is 1. The van der Waals surface area contributed by atoms with Gasteiger partial charge in [0.25, 0.3) is 0 Å². The van der Waals surface area contributed by atoms with Crippen molar-refractivity contribution in [3.63, 3.8) is 0 Å². The number of amides is 1. The first kappa shape index (κ1) is 16.1. The molecule has 4 heteroatoms. The number of nitrogens with one attached hydrogen (secondary N) is 2. The van der Waals surface area contributed by atoms with Crippen LogP contribution in [0.3, 0.4) is 0 Å². The molecule has 2 aliphatic heterocycles. The summed E-state index contributed by atoms with van der Waals surface area (Å²) in [5.74, 6) is 0.863. The number of likely N-dealkylation sites (tertiary alicyclic amines) is 1. The van der Waals surface area contributed by atoms with Crippen molar-refractivity contribution in [1.82, 2.24) is 15.8 Å². The molecule has 1 aliphatic carbocycles. The smallest absolute Gasteiger partial charge is 0.237 e. The third-order valence-electron chi connectivity index (χ3n) is 6.24. The molecule has 2 heterocycles. The van der Waals surface area contributed by atoms with Gasteiger partial charge in [0.2, 0.25) is 5.91 Å². The molecular formula is C20H29N3O. The summed E-state index contributed by atoms with van der Waals surface area (Å²) in [6.45, 7) is 2.34. The quantitative estimate of drug-likeness (QED) is 0.897. The standard InChI is InChI=1S/C20H29N3O/c24-20-17-12-6-5-11-16(17)18(21-22-20)19(15-9-3-1-4-10-15)23-13-7-2-8-14-23/h1,3-4,9-10,16-19,21H,2,5-8,11-14H2,(H,22,24). The second-order valence-corrected chi connectivity index (χ2v) is 7.67. The van der Waals surface area contributed by atoms with Gasteiger partial charge in [-0.2, -0.15) is 0 Å². The SMILES string of the molecule is O=C1NNC(C(c2ccccc2)N2CCCCC2)C2CCCCC12. The lowest BCUT2D eigenvalue weighted by molar-refractivity contribution is -0.134. The summed E-state index contributed by atoms with van der Waals surface area (Å²) in [7, 11) is 0. The second kappa shape index (κ2) is 7.24. The van der Waals surface area contributed by atoms with E-state index in [9.17, 15) is 4.79 Å². The van der Waals surface area contributed by atoms with Gasteiger partial charge in [0.1, 0.15) is 0 Å². The van der Waals surface area contributed by atoms with Crippen LogP contribution in [0.1, 0.15) is 56.6 Å². The number of hydrazine groups is 1. The number of carbonyl (C=O) groups is 1. The molecule has 4 atom stereocenters. The zero-order valence-corrected chi connectivity index (χ0v) is 14.4. The van der Waals surface area contributed by atoms with Crippen LogP contribution in [0.15, 0.2) is 30.3 Å². The van der Waals surface area contributed by atoms with Crippen molar-refractivity contribution in [1.29, 1.82) is 0 Å². The van der Waals surface area contributed by atoms with E-state index in [2.05, 4.69) is 46.1 Å². The average Bonchev–Trinajstić information content (AvgIpc) is 2.66. The Morgan fingerprint density at radius 3 is 2.50 bits per heavy atom. The first-order valence-electron chi connectivity index (χ1n) is 9.69. The Kier molecular flexibility index (Phi) is 4.86. The van der Waals surface area contributed by atoms with Gasteiger partial charge in [0, 0.05) is 12.0 Å². The van der Waals surface area contributed by atoms with Crippen molar-refractivity contribution in [3.8, 4) is 0 Å². The van der Waals surface area contributed by atoms with Crippen LogP contribution in [0.5, 0.6) is 0 Å². The maximum Gasteiger partial charge on any atom is 0.237 e. The van der Waals surface area contributed by atoms with E-state index in [1.807, 2.05) is 0 Å². The van der Waals surface area contributed by atoms with Crippen molar-refractivity contribution >= 4 is 5.91 Å². The van der Waals surface area contributed by atoms with Crippen LogP contribution in [0.25, 0.3) is 0 Å². The van der Waals surface area contributed by atoms with Gasteiger partial charge in [-0.05, 0) is 50.3 Å². The predicted octanol–water partition coefficient (Wildman–Crippen LogP) is 3.02. The van der Waals surface area contributed by atoms with Crippen molar-refractivity contribution in [2.24, 2.45) is 11.8 Å². The molecule has 1 aromatic carbocycles. The Hall–Kier alpha value is -1.39. The van der Waals surface area contributed by atoms with Crippen LogP contribution in [0, 0.1) is 11.8 Å². The molecule has 0 aromatic heterocycles. The molecule has 0 bridgehead atoms. The Balaban J connectivity index is 1.65. The van der Waals surface area contributed by atoms with E-state index in [1.165, 1.54) is 57.2 Å². The first-order chi connectivity index (χ1) is 11.8. The monoisotopic (exact) mass is 327 g/mol. The number of piperidine rings is 1.